The monoisotopic (exact) mass is 369 g/mol. The summed E-state index contributed by atoms with van der Waals surface area (Å²) >= 11 is 6.28. The molecule has 1 saturated heterocycles. The van der Waals surface area contributed by atoms with E-state index in [0.29, 0.717) is 0 Å². The predicted molar refractivity (Wildman–Crippen MR) is 104 cm³/mol. The van der Waals surface area contributed by atoms with E-state index in [4.69, 9.17) is 16.6 Å². The number of nitrogens with zero attached hydrogens (tertiary/aromatic N) is 3. The van der Waals surface area contributed by atoms with Gasteiger partial charge in [0.1, 0.15) is 5.78 Å². The maximum atomic E-state index is 12.1. The number of pyridine rings is 1. The van der Waals surface area contributed by atoms with Crippen molar-refractivity contribution in [1.29, 1.82) is 0 Å². The fourth-order valence-electron chi connectivity index (χ4n) is 4.32. The molecule has 4 rings (SSSR count). The Balaban J connectivity index is 1.80. The Morgan fingerprint density at radius 1 is 1.19 bits per heavy atom. The normalized spacial score (nSPS) is 23.8. The topological polar surface area (TPSA) is 36.4 Å². The molecule has 0 amide bonds. The summed E-state index contributed by atoms with van der Waals surface area (Å²) < 4.78 is 0. The molecule has 0 unspecified atom stereocenters. The number of ketones is 1. The van der Waals surface area contributed by atoms with Crippen LogP contribution >= 0.6 is 11.6 Å². The van der Waals surface area contributed by atoms with E-state index in [1.54, 1.807) is 6.92 Å². The first-order valence-corrected chi connectivity index (χ1v) is 9.59. The van der Waals surface area contributed by atoms with E-state index in [1.807, 2.05) is 25.4 Å². The summed E-state index contributed by atoms with van der Waals surface area (Å²) in [5, 5.41) is 0.779. The lowest BCUT2D eigenvalue weighted by Gasteiger charge is -2.42. The van der Waals surface area contributed by atoms with Crippen molar-refractivity contribution < 1.29 is 4.79 Å². The van der Waals surface area contributed by atoms with Crippen LogP contribution in [-0.2, 0) is 17.6 Å². The van der Waals surface area contributed by atoms with E-state index in [1.165, 1.54) is 16.7 Å². The van der Waals surface area contributed by atoms with E-state index in [9.17, 15) is 4.79 Å². The molecule has 2 aromatic rings. The number of carbonyl (C=O) groups is 1. The van der Waals surface area contributed by atoms with Gasteiger partial charge in [-0.05, 0) is 61.7 Å². The summed E-state index contributed by atoms with van der Waals surface area (Å²) in [4.78, 5) is 21.5. The van der Waals surface area contributed by atoms with Gasteiger partial charge in [-0.1, -0.05) is 23.7 Å². The smallest absolute Gasteiger partial charge is 0.148 e. The second-order valence-electron chi connectivity index (χ2n) is 7.40. The van der Waals surface area contributed by atoms with Crippen molar-refractivity contribution in [3.8, 4) is 0 Å². The van der Waals surface area contributed by atoms with E-state index in [-0.39, 0.29) is 17.9 Å². The standard InChI is InChI=1S/C21H24ClN3O/c1-14(26)19-13-25(11-10-24(19)2)21-18-8-7-17(22)12-16(18)6-5-15-4-3-9-23-20(15)21/h3-4,7-9,12,19,21H,5-6,10-11,13H2,1-2H3/t19-,21+/m1/s1. The van der Waals surface area contributed by atoms with Gasteiger partial charge in [0, 0.05) is 30.9 Å². The van der Waals surface area contributed by atoms with Crippen molar-refractivity contribution in [2.45, 2.75) is 31.8 Å². The van der Waals surface area contributed by atoms with Crippen LogP contribution < -0.4 is 0 Å². The Morgan fingerprint density at radius 3 is 2.81 bits per heavy atom. The number of aromatic nitrogens is 1. The van der Waals surface area contributed by atoms with Gasteiger partial charge in [-0.2, -0.15) is 0 Å². The van der Waals surface area contributed by atoms with Gasteiger partial charge in [-0.3, -0.25) is 19.6 Å². The molecule has 1 aliphatic heterocycles. The van der Waals surface area contributed by atoms with Crippen molar-refractivity contribution in [2.24, 2.45) is 0 Å². The maximum absolute atomic E-state index is 12.1. The Morgan fingerprint density at radius 2 is 2.00 bits per heavy atom. The van der Waals surface area contributed by atoms with Crippen molar-refractivity contribution >= 4 is 17.4 Å². The molecule has 26 heavy (non-hydrogen) atoms. The molecule has 1 fully saturated rings. The van der Waals surface area contributed by atoms with Gasteiger partial charge in [0.05, 0.1) is 17.8 Å². The predicted octanol–water partition coefficient (Wildman–Crippen LogP) is 3.13. The third kappa shape index (κ3) is 3.18. The number of hydrogen-bond donors (Lipinski definition) is 0. The van der Waals surface area contributed by atoms with Gasteiger partial charge in [-0.15, -0.1) is 0 Å². The fraction of sp³-hybridized carbons (Fsp3) is 0.429. The van der Waals surface area contributed by atoms with Crippen LogP contribution in [0.1, 0.15) is 35.3 Å². The summed E-state index contributed by atoms with van der Waals surface area (Å²) in [6, 6.07) is 10.4. The molecule has 2 heterocycles. The highest BCUT2D eigenvalue weighted by atomic mass is 35.5. The number of benzene rings is 1. The third-order valence-electron chi connectivity index (χ3n) is 5.76. The van der Waals surface area contributed by atoms with Crippen LogP contribution in [0.3, 0.4) is 0 Å². The summed E-state index contributed by atoms with van der Waals surface area (Å²) in [6.07, 6.45) is 3.82. The largest absolute Gasteiger partial charge is 0.298 e. The lowest BCUT2D eigenvalue weighted by molar-refractivity contribution is -0.124. The van der Waals surface area contributed by atoms with Gasteiger partial charge < -0.3 is 0 Å². The quantitative estimate of drug-likeness (QED) is 0.815. The molecule has 5 heteroatoms. The minimum absolute atomic E-state index is 0.0603. The van der Waals surface area contributed by atoms with Crippen molar-refractivity contribution in [3.63, 3.8) is 0 Å². The van der Waals surface area contributed by atoms with Gasteiger partial charge in [0.15, 0.2) is 0 Å². The Bertz CT molecular complexity index is 838. The summed E-state index contributed by atoms with van der Waals surface area (Å²) in [7, 11) is 2.04. The molecule has 0 N–H and O–H groups in total. The summed E-state index contributed by atoms with van der Waals surface area (Å²) in [5.74, 6) is 0.225. The first-order chi connectivity index (χ1) is 12.5. The molecular weight excluding hydrogens is 346 g/mol. The minimum Gasteiger partial charge on any atom is -0.298 e. The number of likely N-dealkylation sites (N-methyl/N-ethyl adjacent to an activating group) is 1. The molecule has 2 atom stereocenters. The lowest BCUT2D eigenvalue weighted by Crippen LogP contribution is -2.55. The zero-order chi connectivity index (χ0) is 18.3. The maximum Gasteiger partial charge on any atom is 0.148 e. The van der Waals surface area contributed by atoms with E-state index < -0.39 is 0 Å². The van der Waals surface area contributed by atoms with Gasteiger partial charge in [0.2, 0.25) is 0 Å². The molecule has 1 aliphatic carbocycles. The zero-order valence-electron chi connectivity index (χ0n) is 15.3. The van der Waals surface area contributed by atoms with Crippen LogP contribution in [0.15, 0.2) is 36.5 Å². The van der Waals surface area contributed by atoms with Gasteiger partial charge >= 0.3 is 0 Å². The van der Waals surface area contributed by atoms with Gasteiger partial charge in [-0.25, -0.2) is 0 Å². The van der Waals surface area contributed by atoms with E-state index in [2.05, 4.69) is 28.0 Å². The van der Waals surface area contributed by atoms with E-state index >= 15 is 0 Å². The molecule has 0 spiro atoms. The first kappa shape index (κ1) is 17.7. The SMILES string of the molecule is CC(=O)[C@H]1CN([C@H]2c3ccc(Cl)cc3CCc3cccnc32)CCN1C. The Kier molecular flexibility index (Phi) is 4.82. The number of halogens is 1. The number of piperazine rings is 1. The second kappa shape index (κ2) is 7.10. The Labute approximate surface area is 159 Å². The van der Waals surface area contributed by atoms with Crippen LogP contribution in [0.2, 0.25) is 5.02 Å². The second-order valence-corrected chi connectivity index (χ2v) is 7.83. The Hall–Kier alpha value is -1.75. The van der Waals surface area contributed by atoms with Crippen LogP contribution in [0, 0.1) is 0 Å². The molecule has 1 aromatic heterocycles. The average Bonchev–Trinajstić information content (AvgIpc) is 2.79. The van der Waals surface area contributed by atoms with Crippen molar-refractivity contribution in [1.82, 2.24) is 14.8 Å². The number of hydrogen-bond acceptors (Lipinski definition) is 4. The van der Waals surface area contributed by atoms with Crippen LogP contribution in [-0.4, -0.2) is 53.3 Å². The van der Waals surface area contributed by atoms with Crippen molar-refractivity contribution in [2.75, 3.05) is 26.7 Å². The first-order valence-electron chi connectivity index (χ1n) is 9.21. The number of rotatable bonds is 2. The number of Topliss-reactive ketones (excluding diaryl/α,β-unsaturated/α-hetero) is 1. The van der Waals surface area contributed by atoms with E-state index in [0.717, 1.165) is 43.2 Å². The van der Waals surface area contributed by atoms with Crippen LogP contribution in [0.4, 0.5) is 0 Å². The molecule has 0 bridgehead atoms. The lowest BCUT2D eigenvalue weighted by atomic mass is 9.95. The fourth-order valence-corrected chi connectivity index (χ4v) is 4.52. The highest BCUT2D eigenvalue weighted by Gasteiger charge is 2.36. The molecule has 136 valence electrons. The highest BCUT2D eigenvalue weighted by Crippen LogP contribution is 2.37. The molecule has 2 aliphatic rings. The number of aryl methyl sites for hydroxylation is 2. The van der Waals surface area contributed by atoms with Crippen LogP contribution in [0.5, 0.6) is 0 Å². The molecule has 4 nitrogen and oxygen atoms in total. The highest BCUT2D eigenvalue weighted by molar-refractivity contribution is 6.30. The average molecular weight is 370 g/mol. The number of carbonyl (C=O) groups excluding carboxylic acids is 1. The van der Waals surface area contributed by atoms with Crippen molar-refractivity contribution in [3.05, 3.63) is 63.9 Å². The summed E-state index contributed by atoms with van der Waals surface area (Å²) in [6.45, 7) is 4.22. The molecule has 0 radical (unpaired) electrons. The minimum atomic E-state index is -0.0603. The third-order valence-corrected chi connectivity index (χ3v) is 6.00. The molecular formula is C21H24ClN3O. The molecule has 1 aromatic carbocycles. The van der Waals surface area contributed by atoms with Crippen LogP contribution in [0.25, 0.3) is 0 Å². The zero-order valence-corrected chi connectivity index (χ0v) is 16.0. The number of fused-ring (bicyclic) bond motifs is 2. The van der Waals surface area contributed by atoms with Gasteiger partial charge in [0.25, 0.3) is 0 Å². The molecule has 0 saturated carbocycles. The summed E-state index contributed by atoms with van der Waals surface area (Å²) in [5.41, 5.74) is 4.99.